The minimum absolute atomic E-state index is 0. The fourth-order valence-electron chi connectivity index (χ4n) is 2.52. The van der Waals surface area contributed by atoms with Gasteiger partial charge in [0.15, 0.2) is 0 Å². The van der Waals surface area contributed by atoms with Crippen LogP contribution in [-0.4, -0.2) is 37.6 Å². The molecule has 1 saturated carbocycles. The molecule has 134 valence electrons. The highest BCUT2D eigenvalue weighted by Gasteiger charge is 2.29. The summed E-state index contributed by atoms with van der Waals surface area (Å²) >= 11 is 0. The largest absolute Gasteiger partial charge is 0.497 e. The first-order chi connectivity index (χ1) is 11.0. The van der Waals surface area contributed by atoms with E-state index < -0.39 is 6.04 Å². The molecule has 7 heteroatoms. The van der Waals surface area contributed by atoms with Gasteiger partial charge in [0.05, 0.1) is 7.11 Å². The monoisotopic (exact) mass is 355 g/mol. The van der Waals surface area contributed by atoms with Crippen LogP contribution in [0.15, 0.2) is 24.3 Å². The number of ether oxygens (including phenoxy) is 1. The fourth-order valence-corrected chi connectivity index (χ4v) is 2.52. The van der Waals surface area contributed by atoms with Gasteiger partial charge in [-0.3, -0.25) is 9.59 Å². The van der Waals surface area contributed by atoms with E-state index in [2.05, 4.69) is 10.6 Å². The fraction of sp³-hybridized carbons (Fsp3) is 0.529. The van der Waals surface area contributed by atoms with E-state index in [1.165, 1.54) is 6.92 Å². The van der Waals surface area contributed by atoms with Crippen molar-refractivity contribution in [1.82, 2.24) is 10.6 Å². The van der Waals surface area contributed by atoms with Gasteiger partial charge in [0.2, 0.25) is 11.8 Å². The zero-order valence-electron chi connectivity index (χ0n) is 14.1. The highest BCUT2D eigenvalue weighted by molar-refractivity contribution is 5.87. The maximum absolute atomic E-state index is 12.4. The number of carbonyl (C=O) groups is 2. The molecule has 1 fully saturated rings. The van der Waals surface area contributed by atoms with Crippen LogP contribution in [0.5, 0.6) is 5.75 Å². The second-order valence-electron chi connectivity index (χ2n) is 6.06. The Morgan fingerprint density at radius 1 is 1.38 bits per heavy atom. The summed E-state index contributed by atoms with van der Waals surface area (Å²) in [4.78, 5) is 23.8. The molecule has 2 unspecified atom stereocenters. The van der Waals surface area contributed by atoms with Gasteiger partial charge in [-0.1, -0.05) is 12.1 Å². The lowest BCUT2D eigenvalue weighted by atomic mass is 10.0. The number of rotatable bonds is 8. The number of benzene rings is 1. The highest BCUT2D eigenvalue weighted by atomic mass is 35.5. The Hall–Kier alpha value is -1.79. The first-order valence-electron chi connectivity index (χ1n) is 7.93. The van der Waals surface area contributed by atoms with Gasteiger partial charge < -0.3 is 21.1 Å². The quantitative estimate of drug-likeness (QED) is 0.649. The zero-order valence-corrected chi connectivity index (χ0v) is 14.9. The minimum atomic E-state index is -0.619. The number of amides is 2. The number of carbonyl (C=O) groups excluding carboxylic acids is 2. The molecule has 0 aliphatic heterocycles. The molecule has 0 aromatic heterocycles. The Morgan fingerprint density at radius 3 is 2.67 bits per heavy atom. The number of hydrogen-bond acceptors (Lipinski definition) is 4. The zero-order chi connectivity index (χ0) is 16.8. The van der Waals surface area contributed by atoms with Crippen molar-refractivity contribution in [2.75, 3.05) is 13.7 Å². The normalized spacial score (nSPS) is 15.6. The Labute approximate surface area is 148 Å². The van der Waals surface area contributed by atoms with Crippen molar-refractivity contribution in [3.05, 3.63) is 29.8 Å². The van der Waals surface area contributed by atoms with Crippen LogP contribution in [0.25, 0.3) is 0 Å². The van der Waals surface area contributed by atoms with Crippen molar-refractivity contribution in [2.45, 2.75) is 38.3 Å². The topological polar surface area (TPSA) is 93.4 Å². The molecule has 0 spiro atoms. The molecule has 0 bridgehead atoms. The lowest BCUT2D eigenvalue weighted by Gasteiger charge is -2.19. The van der Waals surface area contributed by atoms with Crippen LogP contribution < -0.4 is 21.1 Å². The molecule has 0 heterocycles. The van der Waals surface area contributed by atoms with Gasteiger partial charge in [-0.2, -0.15) is 0 Å². The summed E-state index contributed by atoms with van der Waals surface area (Å²) in [6, 6.07) is 6.84. The van der Waals surface area contributed by atoms with Crippen molar-refractivity contribution in [3.8, 4) is 5.75 Å². The minimum Gasteiger partial charge on any atom is -0.497 e. The van der Waals surface area contributed by atoms with Crippen molar-refractivity contribution in [1.29, 1.82) is 0 Å². The first-order valence-corrected chi connectivity index (χ1v) is 7.93. The van der Waals surface area contributed by atoms with Crippen LogP contribution in [0.2, 0.25) is 0 Å². The molecule has 0 saturated heterocycles. The van der Waals surface area contributed by atoms with Crippen LogP contribution in [0.4, 0.5) is 0 Å². The molecule has 1 aliphatic carbocycles. The van der Waals surface area contributed by atoms with Crippen LogP contribution in [-0.2, 0) is 16.0 Å². The highest BCUT2D eigenvalue weighted by Crippen LogP contribution is 2.31. The van der Waals surface area contributed by atoms with E-state index >= 15 is 0 Å². The third-order valence-electron chi connectivity index (χ3n) is 4.01. The molecule has 1 aromatic carbocycles. The van der Waals surface area contributed by atoms with Crippen molar-refractivity contribution in [2.24, 2.45) is 11.7 Å². The molecule has 1 aliphatic rings. The lowest BCUT2D eigenvalue weighted by molar-refractivity contribution is -0.128. The number of methoxy groups -OCH3 is 1. The van der Waals surface area contributed by atoms with E-state index in [0.29, 0.717) is 18.9 Å². The van der Waals surface area contributed by atoms with E-state index in [1.54, 1.807) is 7.11 Å². The number of nitrogens with one attached hydrogen (secondary N) is 2. The molecule has 4 N–H and O–H groups in total. The van der Waals surface area contributed by atoms with E-state index in [4.69, 9.17) is 10.5 Å². The van der Waals surface area contributed by atoms with Gasteiger partial charge >= 0.3 is 0 Å². The molecule has 2 atom stereocenters. The van der Waals surface area contributed by atoms with Gasteiger partial charge in [0.1, 0.15) is 11.8 Å². The van der Waals surface area contributed by atoms with Crippen LogP contribution >= 0.6 is 12.4 Å². The first kappa shape index (κ1) is 20.3. The number of nitrogens with two attached hydrogens (primary N) is 1. The summed E-state index contributed by atoms with van der Waals surface area (Å²) in [7, 11) is 1.59. The van der Waals surface area contributed by atoms with E-state index in [9.17, 15) is 9.59 Å². The summed E-state index contributed by atoms with van der Waals surface area (Å²) in [5.74, 6) is 0.798. The average Bonchev–Trinajstić information content (AvgIpc) is 3.36. The Kier molecular flexibility index (Phi) is 8.01. The lowest BCUT2D eigenvalue weighted by Crippen LogP contribution is -2.50. The Morgan fingerprint density at radius 2 is 2.08 bits per heavy atom. The number of halogens is 1. The molecule has 6 nitrogen and oxygen atoms in total. The smallest absolute Gasteiger partial charge is 0.242 e. The second kappa shape index (κ2) is 9.49. The molecular formula is C17H26ClN3O3. The summed E-state index contributed by atoms with van der Waals surface area (Å²) in [5, 5.41) is 5.55. The average molecular weight is 356 g/mol. The van der Waals surface area contributed by atoms with Gasteiger partial charge in [0, 0.05) is 25.9 Å². The summed E-state index contributed by atoms with van der Waals surface area (Å²) in [6.07, 6.45) is 2.67. The SMILES string of the molecule is COc1cccc(CC(NC(C)=O)C(=O)NCC(N)C2CC2)c1.Cl. The van der Waals surface area contributed by atoms with Crippen molar-refractivity contribution in [3.63, 3.8) is 0 Å². The Balaban J connectivity index is 0.00000288. The molecule has 1 aromatic rings. The van der Waals surface area contributed by atoms with Crippen LogP contribution in [0.1, 0.15) is 25.3 Å². The predicted octanol–water partition coefficient (Wildman–Crippen LogP) is 1.02. The number of hydrogen-bond donors (Lipinski definition) is 3. The van der Waals surface area contributed by atoms with Gasteiger partial charge in [0.25, 0.3) is 0 Å². The second-order valence-corrected chi connectivity index (χ2v) is 6.06. The maximum atomic E-state index is 12.4. The predicted molar refractivity (Wildman–Crippen MR) is 95.3 cm³/mol. The standard InChI is InChI=1S/C17H25N3O3.ClH/c1-11(21)20-16(9-12-4-3-5-14(8-12)23-2)17(22)19-10-15(18)13-6-7-13;/h3-5,8,13,15-16H,6-7,9-10,18H2,1-2H3,(H,19,22)(H,20,21);1H. The van der Waals surface area contributed by atoms with E-state index in [-0.39, 0.29) is 30.3 Å². The van der Waals surface area contributed by atoms with E-state index in [1.807, 2.05) is 24.3 Å². The third kappa shape index (κ3) is 6.37. The van der Waals surface area contributed by atoms with Crippen LogP contribution in [0.3, 0.4) is 0 Å². The van der Waals surface area contributed by atoms with Gasteiger partial charge in [-0.05, 0) is 36.5 Å². The summed E-state index contributed by atoms with van der Waals surface area (Å²) in [5.41, 5.74) is 6.92. The molecule has 2 amide bonds. The van der Waals surface area contributed by atoms with E-state index in [0.717, 1.165) is 24.2 Å². The molecular weight excluding hydrogens is 330 g/mol. The summed E-state index contributed by atoms with van der Waals surface area (Å²) < 4.78 is 5.19. The van der Waals surface area contributed by atoms with Crippen LogP contribution in [0, 0.1) is 5.92 Å². The molecule has 24 heavy (non-hydrogen) atoms. The third-order valence-corrected chi connectivity index (χ3v) is 4.01. The maximum Gasteiger partial charge on any atom is 0.242 e. The molecule has 0 radical (unpaired) electrons. The van der Waals surface area contributed by atoms with Crippen molar-refractivity contribution >= 4 is 24.2 Å². The van der Waals surface area contributed by atoms with Gasteiger partial charge in [-0.15, -0.1) is 12.4 Å². The van der Waals surface area contributed by atoms with Crippen molar-refractivity contribution < 1.29 is 14.3 Å². The Bertz CT molecular complexity index is 564. The van der Waals surface area contributed by atoms with Gasteiger partial charge in [-0.25, -0.2) is 0 Å². The molecule has 2 rings (SSSR count). The summed E-state index contributed by atoms with van der Waals surface area (Å²) in [6.45, 7) is 1.85.